The van der Waals surface area contributed by atoms with Crippen molar-refractivity contribution < 1.29 is 18.0 Å². The van der Waals surface area contributed by atoms with Gasteiger partial charge in [-0.05, 0) is 25.7 Å². The van der Waals surface area contributed by atoms with Gasteiger partial charge in [0.25, 0.3) is 0 Å². The van der Waals surface area contributed by atoms with E-state index < -0.39 is 18.6 Å². The number of amides is 2. The van der Waals surface area contributed by atoms with Crippen molar-refractivity contribution in [2.75, 3.05) is 6.54 Å². The zero-order chi connectivity index (χ0) is 12.9. The molecule has 7 heteroatoms. The Bertz CT molecular complexity index is 250. The van der Waals surface area contributed by atoms with Crippen LogP contribution in [0.25, 0.3) is 0 Å². The summed E-state index contributed by atoms with van der Waals surface area (Å²) in [6.45, 7) is -0.0396. The lowest BCUT2D eigenvalue weighted by Crippen LogP contribution is -2.44. The third-order valence-electron chi connectivity index (χ3n) is 2.92. The molecule has 0 spiro atoms. The molecule has 17 heavy (non-hydrogen) atoms. The van der Waals surface area contributed by atoms with Gasteiger partial charge in [0.2, 0.25) is 0 Å². The Labute approximate surface area is 98.1 Å². The second kappa shape index (κ2) is 6.09. The van der Waals surface area contributed by atoms with Gasteiger partial charge in [-0.3, -0.25) is 0 Å². The number of rotatable bonds is 4. The molecule has 1 aliphatic carbocycles. The molecular weight excluding hydrogens is 235 g/mol. The van der Waals surface area contributed by atoms with Crippen LogP contribution in [0.15, 0.2) is 0 Å². The highest BCUT2D eigenvalue weighted by Crippen LogP contribution is 2.21. The van der Waals surface area contributed by atoms with Gasteiger partial charge in [-0.15, -0.1) is 0 Å². The van der Waals surface area contributed by atoms with Gasteiger partial charge in [0.15, 0.2) is 0 Å². The minimum absolute atomic E-state index is 0.0396. The molecule has 100 valence electrons. The molecule has 0 aromatic carbocycles. The highest BCUT2D eigenvalue weighted by atomic mass is 19.4. The van der Waals surface area contributed by atoms with Crippen LogP contribution in [0, 0.1) is 0 Å². The number of hydrogen-bond donors (Lipinski definition) is 3. The molecule has 2 amide bonds. The highest BCUT2D eigenvalue weighted by molar-refractivity contribution is 5.71. The summed E-state index contributed by atoms with van der Waals surface area (Å²) in [4.78, 5) is 10.6. The molecule has 0 aromatic rings. The molecule has 0 aromatic heterocycles. The summed E-state index contributed by atoms with van der Waals surface area (Å²) in [6, 6.07) is -0.366. The van der Waals surface area contributed by atoms with Gasteiger partial charge >= 0.3 is 12.2 Å². The number of alkyl halides is 3. The summed E-state index contributed by atoms with van der Waals surface area (Å²) in [5.41, 5.74) is 5.00. The maximum Gasteiger partial charge on any atom is 0.390 e. The quantitative estimate of drug-likeness (QED) is 0.711. The first-order valence-electron chi connectivity index (χ1n) is 5.73. The first kappa shape index (κ1) is 14.1. The molecule has 1 fully saturated rings. The monoisotopic (exact) mass is 253 g/mol. The number of urea groups is 1. The number of carbonyl (C=O) groups is 1. The van der Waals surface area contributed by atoms with Crippen LogP contribution < -0.4 is 16.4 Å². The Balaban J connectivity index is 2.13. The van der Waals surface area contributed by atoms with Crippen molar-refractivity contribution >= 4 is 6.03 Å². The maximum absolute atomic E-state index is 11.9. The fourth-order valence-corrected chi connectivity index (χ4v) is 2.06. The second-order valence-electron chi connectivity index (χ2n) is 4.38. The third-order valence-corrected chi connectivity index (χ3v) is 2.92. The first-order chi connectivity index (χ1) is 7.87. The number of halogens is 3. The highest BCUT2D eigenvalue weighted by Gasteiger charge is 2.27. The fourth-order valence-electron chi connectivity index (χ4n) is 2.06. The normalized spacial score (nSPS) is 25.6. The average molecular weight is 253 g/mol. The maximum atomic E-state index is 11.9. The summed E-state index contributed by atoms with van der Waals surface area (Å²) in [6.07, 6.45) is -1.85. The van der Waals surface area contributed by atoms with E-state index in [9.17, 15) is 18.0 Å². The minimum atomic E-state index is -4.10. The molecule has 1 aliphatic rings. The van der Waals surface area contributed by atoms with E-state index in [-0.39, 0.29) is 18.6 Å². The molecule has 0 radical (unpaired) electrons. The zero-order valence-corrected chi connectivity index (χ0v) is 9.52. The largest absolute Gasteiger partial charge is 0.390 e. The number of carbonyl (C=O) groups excluding carboxylic acids is 1. The molecule has 0 aliphatic heterocycles. The molecule has 0 heterocycles. The summed E-state index contributed by atoms with van der Waals surface area (Å²) in [5, 5.41) is 5.50. The van der Waals surface area contributed by atoms with Crippen LogP contribution in [0.5, 0.6) is 0 Å². The molecule has 1 rings (SSSR count). The Morgan fingerprint density at radius 1 is 1.18 bits per heavy atom. The van der Waals surface area contributed by atoms with E-state index in [1.54, 1.807) is 0 Å². The number of nitrogens with one attached hydrogen (secondary N) is 2. The van der Waals surface area contributed by atoms with Crippen molar-refractivity contribution in [3.05, 3.63) is 0 Å². The van der Waals surface area contributed by atoms with Crippen LogP contribution in [-0.2, 0) is 0 Å². The summed E-state index contributed by atoms with van der Waals surface area (Å²) < 4.78 is 35.7. The molecule has 0 unspecified atom stereocenters. The van der Waals surface area contributed by atoms with E-state index in [0.717, 1.165) is 25.7 Å². The molecular formula is C10H18F3N3O. The van der Waals surface area contributed by atoms with Gasteiger partial charge in [0.1, 0.15) is 0 Å². The van der Waals surface area contributed by atoms with Gasteiger partial charge in [0.05, 0.1) is 6.42 Å². The molecule has 0 saturated heterocycles. The van der Waals surface area contributed by atoms with Crippen LogP contribution in [0.3, 0.4) is 0 Å². The topological polar surface area (TPSA) is 67.2 Å². The van der Waals surface area contributed by atoms with Crippen LogP contribution in [0.2, 0.25) is 0 Å². The Hall–Kier alpha value is -0.980. The van der Waals surface area contributed by atoms with E-state index in [1.807, 2.05) is 0 Å². The lowest BCUT2D eigenvalue weighted by molar-refractivity contribution is -0.133. The molecule has 4 N–H and O–H groups in total. The molecule has 4 nitrogen and oxygen atoms in total. The van der Waals surface area contributed by atoms with Crippen molar-refractivity contribution in [2.24, 2.45) is 5.73 Å². The van der Waals surface area contributed by atoms with E-state index in [0.29, 0.717) is 0 Å². The predicted molar refractivity (Wildman–Crippen MR) is 57.4 cm³/mol. The number of primary amides is 1. The standard InChI is InChI=1S/C10H18F3N3O/c11-10(12,13)5-6-15-7-1-3-8(4-2-7)16-9(14)17/h7-8,15H,1-6H2,(H3,14,16,17). The van der Waals surface area contributed by atoms with Gasteiger partial charge in [-0.1, -0.05) is 0 Å². The Kier molecular flexibility index (Phi) is 5.04. The number of hydrogen-bond acceptors (Lipinski definition) is 2. The Morgan fingerprint density at radius 3 is 2.18 bits per heavy atom. The molecule has 0 bridgehead atoms. The second-order valence-corrected chi connectivity index (χ2v) is 4.38. The summed E-state index contributed by atoms with van der Waals surface area (Å²) in [5.74, 6) is 0. The summed E-state index contributed by atoms with van der Waals surface area (Å²) in [7, 11) is 0. The summed E-state index contributed by atoms with van der Waals surface area (Å²) >= 11 is 0. The fraction of sp³-hybridized carbons (Fsp3) is 0.900. The van der Waals surface area contributed by atoms with Crippen LogP contribution in [0.4, 0.5) is 18.0 Å². The van der Waals surface area contributed by atoms with Crippen molar-refractivity contribution in [1.29, 1.82) is 0 Å². The van der Waals surface area contributed by atoms with Crippen molar-refractivity contribution in [1.82, 2.24) is 10.6 Å². The van der Waals surface area contributed by atoms with Crippen molar-refractivity contribution in [3.8, 4) is 0 Å². The first-order valence-corrected chi connectivity index (χ1v) is 5.73. The minimum Gasteiger partial charge on any atom is -0.352 e. The number of nitrogens with two attached hydrogens (primary N) is 1. The van der Waals surface area contributed by atoms with E-state index in [2.05, 4.69) is 10.6 Å². The molecule has 0 atom stereocenters. The average Bonchev–Trinajstić information content (AvgIpc) is 2.18. The van der Waals surface area contributed by atoms with Crippen LogP contribution in [-0.4, -0.2) is 30.8 Å². The van der Waals surface area contributed by atoms with Gasteiger partial charge < -0.3 is 16.4 Å². The van der Waals surface area contributed by atoms with Gasteiger partial charge in [-0.25, -0.2) is 4.79 Å². The lowest BCUT2D eigenvalue weighted by Gasteiger charge is -2.29. The zero-order valence-electron chi connectivity index (χ0n) is 9.52. The SMILES string of the molecule is NC(=O)NC1CCC(NCCC(F)(F)F)CC1. The van der Waals surface area contributed by atoms with Crippen molar-refractivity contribution in [3.63, 3.8) is 0 Å². The van der Waals surface area contributed by atoms with Crippen LogP contribution in [0.1, 0.15) is 32.1 Å². The van der Waals surface area contributed by atoms with E-state index in [1.165, 1.54) is 0 Å². The van der Waals surface area contributed by atoms with E-state index >= 15 is 0 Å². The molecule has 1 saturated carbocycles. The van der Waals surface area contributed by atoms with Crippen LogP contribution >= 0.6 is 0 Å². The van der Waals surface area contributed by atoms with E-state index in [4.69, 9.17) is 5.73 Å². The Morgan fingerprint density at radius 2 is 1.71 bits per heavy atom. The third kappa shape index (κ3) is 6.35. The lowest BCUT2D eigenvalue weighted by atomic mass is 9.91. The van der Waals surface area contributed by atoms with Gasteiger partial charge in [0, 0.05) is 18.6 Å². The van der Waals surface area contributed by atoms with Gasteiger partial charge in [-0.2, -0.15) is 13.2 Å². The smallest absolute Gasteiger partial charge is 0.352 e. The predicted octanol–water partition coefficient (Wildman–Crippen LogP) is 1.51. The van der Waals surface area contributed by atoms with Crippen molar-refractivity contribution in [2.45, 2.75) is 50.4 Å².